The molecule has 1 aromatic rings. The summed E-state index contributed by atoms with van der Waals surface area (Å²) < 4.78 is 13.0. The summed E-state index contributed by atoms with van der Waals surface area (Å²) in [6.07, 6.45) is 4.95. The topological polar surface area (TPSA) is 12.0 Å². The van der Waals surface area contributed by atoms with Crippen molar-refractivity contribution >= 4 is 0 Å². The minimum absolute atomic E-state index is 0.154. The zero-order valence-electron chi connectivity index (χ0n) is 12.3. The molecule has 1 aliphatic rings. The molecule has 4 atom stereocenters. The van der Waals surface area contributed by atoms with Crippen molar-refractivity contribution in [2.45, 2.75) is 58.5 Å². The maximum absolute atomic E-state index is 13.0. The predicted octanol–water partition coefficient (Wildman–Crippen LogP) is 4.69. The zero-order chi connectivity index (χ0) is 13.8. The van der Waals surface area contributed by atoms with E-state index < -0.39 is 0 Å². The van der Waals surface area contributed by atoms with Gasteiger partial charge in [0.15, 0.2) is 0 Å². The van der Waals surface area contributed by atoms with E-state index in [0.717, 1.165) is 18.3 Å². The molecule has 0 aliphatic heterocycles. The minimum atomic E-state index is -0.154. The Labute approximate surface area is 116 Å². The Morgan fingerprint density at radius 2 is 1.89 bits per heavy atom. The highest BCUT2D eigenvalue weighted by Gasteiger charge is 2.32. The fourth-order valence-electron chi connectivity index (χ4n) is 3.46. The molecule has 0 aromatic heterocycles. The van der Waals surface area contributed by atoms with E-state index in [4.69, 9.17) is 0 Å². The van der Waals surface area contributed by atoms with Crippen LogP contribution in [0.4, 0.5) is 4.39 Å². The number of rotatable bonds is 5. The van der Waals surface area contributed by atoms with Crippen molar-refractivity contribution in [3.8, 4) is 0 Å². The second kappa shape index (κ2) is 6.51. The number of hydrogen-bond donors (Lipinski definition) is 1. The van der Waals surface area contributed by atoms with E-state index in [1.807, 2.05) is 12.1 Å². The zero-order valence-corrected chi connectivity index (χ0v) is 12.3. The molecule has 106 valence electrons. The van der Waals surface area contributed by atoms with Crippen LogP contribution in [0.5, 0.6) is 0 Å². The third-order valence-corrected chi connectivity index (χ3v) is 4.85. The second-order valence-electron chi connectivity index (χ2n) is 5.89. The van der Waals surface area contributed by atoms with Crippen LogP contribution in [0, 0.1) is 17.7 Å². The van der Waals surface area contributed by atoms with Crippen LogP contribution < -0.4 is 5.32 Å². The average Bonchev–Trinajstić information content (AvgIpc) is 2.78. The van der Waals surface area contributed by atoms with Crippen molar-refractivity contribution in [2.24, 2.45) is 11.8 Å². The lowest BCUT2D eigenvalue weighted by Crippen LogP contribution is -2.35. The number of hydrogen-bond acceptors (Lipinski definition) is 1. The summed E-state index contributed by atoms with van der Waals surface area (Å²) in [6.45, 7) is 6.86. The van der Waals surface area contributed by atoms with E-state index in [-0.39, 0.29) is 5.82 Å². The smallest absolute Gasteiger partial charge is 0.123 e. The van der Waals surface area contributed by atoms with Crippen LogP contribution >= 0.6 is 0 Å². The Bertz CT molecular complexity index is 387. The predicted molar refractivity (Wildman–Crippen MR) is 78.5 cm³/mol. The molecule has 1 saturated carbocycles. The van der Waals surface area contributed by atoms with Crippen LogP contribution in [0.3, 0.4) is 0 Å². The van der Waals surface area contributed by atoms with Crippen molar-refractivity contribution in [1.82, 2.24) is 5.32 Å². The fourth-order valence-corrected chi connectivity index (χ4v) is 3.46. The van der Waals surface area contributed by atoms with E-state index in [2.05, 4.69) is 26.1 Å². The van der Waals surface area contributed by atoms with Crippen LogP contribution in [0.15, 0.2) is 24.3 Å². The molecule has 1 nitrogen and oxygen atoms in total. The number of benzene rings is 1. The van der Waals surface area contributed by atoms with Gasteiger partial charge in [-0.1, -0.05) is 39.3 Å². The molecule has 1 N–H and O–H groups in total. The van der Waals surface area contributed by atoms with Crippen LogP contribution in [-0.2, 0) is 0 Å². The van der Waals surface area contributed by atoms with Crippen LogP contribution in [0.25, 0.3) is 0 Å². The number of halogens is 1. The first-order valence-electron chi connectivity index (χ1n) is 7.67. The quantitative estimate of drug-likeness (QED) is 0.812. The first-order chi connectivity index (χ1) is 9.15. The molecule has 2 rings (SSSR count). The first-order valence-corrected chi connectivity index (χ1v) is 7.67. The summed E-state index contributed by atoms with van der Waals surface area (Å²) in [5, 5.41) is 3.79. The molecule has 0 radical (unpaired) electrons. The largest absolute Gasteiger partial charge is 0.307 e. The molecule has 19 heavy (non-hydrogen) atoms. The van der Waals surface area contributed by atoms with Gasteiger partial charge in [-0.3, -0.25) is 0 Å². The van der Waals surface area contributed by atoms with Crippen LogP contribution in [-0.4, -0.2) is 6.04 Å². The van der Waals surface area contributed by atoms with Crippen molar-refractivity contribution < 1.29 is 4.39 Å². The van der Waals surface area contributed by atoms with Gasteiger partial charge in [0, 0.05) is 12.1 Å². The molecule has 0 spiro atoms. The molecular weight excluding hydrogens is 237 g/mol. The molecule has 0 amide bonds. The Morgan fingerprint density at radius 3 is 2.42 bits per heavy atom. The maximum atomic E-state index is 13.0. The Morgan fingerprint density at radius 1 is 1.21 bits per heavy atom. The van der Waals surface area contributed by atoms with Crippen LogP contribution in [0.1, 0.15) is 58.1 Å². The molecule has 4 unspecified atom stereocenters. The molecule has 1 aromatic carbocycles. The Hall–Kier alpha value is -0.890. The van der Waals surface area contributed by atoms with E-state index >= 15 is 0 Å². The van der Waals surface area contributed by atoms with Gasteiger partial charge in [0.05, 0.1) is 0 Å². The van der Waals surface area contributed by atoms with E-state index in [9.17, 15) is 4.39 Å². The van der Waals surface area contributed by atoms with Gasteiger partial charge in [-0.2, -0.15) is 0 Å². The van der Waals surface area contributed by atoms with Crippen molar-refractivity contribution in [3.63, 3.8) is 0 Å². The highest BCUT2D eigenvalue weighted by Crippen LogP contribution is 2.35. The molecule has 2 heteroatoms. The standard InChI is InChI=1S/C17H26FN/c1-4-13-8-11-17(12(13)3)19-16(5-2)14-6-9-15(18)10-7-14/h6-7,9-10,12-13,16-17,19H,4-5,8,11H2,1-3H3. The van der Waals surface area contributed by atoms with Crippen molar-refractivity contribution in [1.29, 1.82) is 0 Å². The van der Waals surface area contributed by atoms with Gasteiger partial charge in [-0.05, 0) is 48.8 Å². The summed E-state index contributed by atoms with van der Waals surface area (Å²) in [5.74, 6) is 1.46. The minimum Gasteiger partial charge on any atom is -0.307 e. The molecule has 0 saturated heterocycles. The van der Waals surface area contributed by atoms with Gasteiger partial charge in [0.2, 0.25) is 0 Å². The van der Waals surface area contributed by atoms with Gasteiger partial charge >= 0.3 is 0 Å². The maximum Gasteiger partial charge on any atom is 0.123 e. The van der Waals surface area contributed by atoms with E-state index in [1.165, 1.54) is 24.8 Å². The summed E-state index contributed by atoms with van der Waals surface area (Å²) in [5.41, 5.74) is 1.20. The highest BCUT2D eigenvalue weighted by molar-refractivity contribution is 5.20. The van der Waals surface area contributed by atoms with Crippen molar-refractivity contribution in [2.75, 3.05) is 0 Å². The van der Waals surface area contributed by atoms with Gasteiger partial charge in [-0.15, -0.1) is 0 Å². The van der Waals surface area contributed by atoms with E-state index in [0.29, 0.717) is 12.1 Å². The fraction of sp³-hybridized carbons (Fsp3) is 0.647. The Kier molecular flexibility index (Phi) is 4.98. The van der Waals surface area contributed by atoms with Crippen LogP contribution in [0.2, 0.25) is 0 Å². The lowest BCUT2D eigenvalue weighted by Gasteiger charge is -2.27. The first kappa shape index (κ1) is 14.5. The summed E-state index contributed by atoms with van der Waals surface area (Å²) >= 11 is 0. The second-order valence-corrected chi connectivity index (χ2v) is 5.89. The normalized spacial score (nSPS) is 28.5. The molecule has 1 aliphatic carbocycles. The highest BCUT2D eigenvalue weighted by atomic mass is 19.1. The number of nitrogens with one attached hydrogen (secondary N) is 1. The third-order valence-electron chi connectivity index (χ3n) is 4.85. The van der Waals surface area contributed by atoms with Gasteiger partial charge < -0.3 is 5.32 Å². The molecular formula is C17H26FN. The lowest BCUT2D eigenvalue weighted by atomic mass is 9.92. The lowest BCUT2D eigenvalue weighted by molar-refractivity contribution is 0.318. The van der Waals surface area contributed by atoms with Gasteiger partial charge in [0.1, 0.15) is 5.82 Å². The summed E-state index contributed by atoms with van der Waals surface area (Å²) in [7, 11) is 0. The third kappa shape index (κ3) is 3.36. The Balaban J connectivity index is 2.01. The monoisotopic (exact) mass is 263 g/mol. The average molecular weight is 263 g/mol. The molecule has 1 fully saturated rings. The SMILES string of the molecule is CCC(NC1CCC(CC)C1C)c1ccc(F)cc1. The summed E-state index contributed by atoms with van der Waals surface area (Å²) in [4.78, 5) is 0. The van der Waals surface area contributed by atoms with Gasteiger partial charge in [0.25, 0.3) is 0 Å². The van der Waals surface area contributed by atoms with E-state index in [1.54, 1.807) is 12.1 Å². The molecule has 0 heterocycles. The summed E-state index contributed by atoms with van der Waals surface area (Å²) in [6, 6.07) is 7.91. The van der Waals surface area contributed by atoms with Crippen molar-refractivity contribution in [3.05, 3.63) is 35.6 Å². The van der Waals surface area contributed by atoms with Gasteiger partial charge in [-0.25, -0.2) is 4.39 Å². The molecule has 0 bridgehead atoms.